The third-order valence-corrected chi connectivity index (χ3v) is 4.21. The lowest BCUT2D eigenvalue weighted by Gasteiger charge is -2.29. The minimum Gasteiger partial charge on any atom is -0.323 e. The Morgan fingerprint density at radius 1 is 1.42 bits per heavy atom. The summed E-state index contributed by atoms with van der Waals surface area (Å²) in [7, 11) is 0. The molecule has 2 atom stereocenters. The van der Waals surface area contributed by atoms with E-state index in [1.165, 1.54) is 30.4 Å². The number of aryl methyl sites for hydroxylation is 2. The Morgan fingerprint density at radius 3 is 3.05 bits per heavy atom. The van der Waals surface area contributed by atoms with Gasteiger partial charge in [-0.3, -0.25) is 4.68 Å². The van der Waals surface area contributed by atoms with Crippen LogP contribution in [0.4, 0.5) is 0 Å². The van der Waals surface area contributed by atoms with Crippen molar-refractivity contribution in [1.82, 2.24) is 9.78 Å². The van der Waals surface area contributed by atoms with Crippen LogP contribution in [0.25, 0.3) is 0 Å². The van der Waals surface area contributed by atoms with Crippen LogP contribution in [0, 0.1) is 0 Å². The predicted octanol–water partition coefficient (Wildman–Crippen LogP) is 3.02. The van der Waals surface area contributed by atoms with E-state index in [1.54, 1.807) is 0 Å². The summed E-state index contributed by atoms with van der Waals surface area (Å²) in [4.78, 5) is 0. The van der Waals surface area contributed by atoms with E-state index in [1.807, 2.05) is 10.9 Å². The van der Waals surface area contributed by atoms with Crippen molar-refractivity contribution >= 4 is 0 Å². The van der Waals surface area contributed by atoms with Crippen molar-refractivity contribution in [2.75, 3.05) is 0 Å². The van der Waals surface area contributed by atoms with Crippen LogP contribution >= 0.6 is 0 Å². The average molecular weight is 255 g/mol. The van der Waals surface area contributed by atoms with Gasteiger partial charge in [0.15, 0.2) is 0 Å². The number of benzene rings is 1. The molecule has 0 aliphatic heterocycles. The van der Waals surface area contributed by atoms with Crippen LogP contribution in [-0.2, 0) is 13.0 Å². The highest BCUT2D eigenvalue weighted by atomic mass is 15.3. The Morgan fingerprint density at radius 2 is 2.26 bits per heavy atom. The van der Waals surface area contributed by atoms with Gasteiger partial charge in [-0.2, -0.15) is 5.10 Å². The molecule has 1 heterocycles. The van der Waals surface area contributed by atoms with Gasteiger partial charge in [-0.15, -0.1) is 0 Å². The molecule has 2 unspecified atom stereocenters. The summed E-state index contributed by atoms with van der Waals surface area (Å²) >= 11 is 0. The van der Waals surface area contributed by atoms with Crippen LogP contribution in [0.5, 0.6) is 0 Å². The van der Waals surface area contributed by atoms with Gasteiger partial charge in [-0.05, 0) is 37.3 Å². The van der Waals surface area contributed by atoms with Crippen molar-refractivity contribution in [3.63, 3.8) is 0 Å². The molecule has 3 rings (SSSR count). The molecule has 0 bridgehead atoms. The van der Waals surface area contributed by atoms with Gasteiger partial charge in [0.25, 0.3) is 0 Å². The number of nitrogens with two attached hydrogens (primary N) is 1. The van der Waals surface area contributed by atoms with E-state index in [0.717, 1.165) is 12.1 Å². The van der Waals surface area contributed by atoms with Crippen molar-refractivity contribution in [1.29, 1.82) is 0 Å². The molecule has 1 aliphatic carbocycles. The summed E-state index contributed by atoms with van der Waals surface area (Å²) in [5.41, 5.74) is 10.6. The molecule has 19 heavy (non-hydrogen) atoms. The third-order valence-electron chi connectivity index (χ3n) is 4.21. The van der Waals surface area contributed by atoms with Gasteiger partial charge in [0.1, 0.15) is 0 Å². The maximum atomic E-state index is 6.50. The molecule has 1 aromatic carbocycles. The van der Waals surface area contributed by atoms with Crippen LogP contribution < -0.4 is 5.73 Å². The molecule has 0 radical (unpaired) electrons. The highest BCUT2D eigenvalue weighted by molar-refractivity contribution is 5.35. The smallest absolute Gasteiger partial charge is 0.0537 e. The third kappa shape index (κ3) is 2.30. The first-order valence-corrected chi connectivity index (χ1v) is 7.15. The Hall–Kier alpha value is -1.61. The number of hydrogen-bond donors (Lipinski definition) is 1. The topological polar surface area (TPSA) is 43.8 Å². The van der Waals surface area contributed by atoms with Crippen molar-refractivity contribution in [3.05, 3.63) is 53.3 Å². The number of rotatable bonds is 3. The molecule has 2 aromatic rings. The fourth-order valence-electron chi connectivity index (χ4n) is 3.12. The number of nitrogens with zero attached hydrogens (tertiary/aromatic N) is 2. The van der Waals surface area contributed by atoms with Crippen molar-refractivity contribution in [2.24, 2.45) is 5.73 Å². The summed E-state index contributed by atoms with van der Waals surface area (Å²) < 4.78 is 1.95. The van der Waals surface area contributed by atoms with Gasteiger partial charge in [0.05, 0.1) is 6.20 Å². The maximum Gasteiger partial charge on any atom is 0.0537 e. The average Bonchev–Trinajstić information content (AvgIpc) is 2.95. The number of hydrogen-bond acceptors (Lipinski definition) is 2. The van der Waals surface area contributed by atoms with E-state index in [2.05, 4.69) is 42.5 Å². The zero-order valence-corrected chi connectivity index (χ0v) is 11.4. The molecular formula is C16H21N3. The Kier molecular flexibility index (Phi) is 3.38. The molecule has 100 valence electrons. The van der Waals surface area contributed by atoms with Crippen LogP contribution in [0.2, 0.25) is 0 Å². The molecule has 3 heteroatoms. The van der Waals surface area contributed by atoms with E-state index in [4.69, 9.17) is 5.73 Å². The summed E-state index contributed by atoms with van der Waals surface area (Å²) in [6, 6.07) is 8.79. The predicted molar refractivity (Wildman–Crippen MR) is 77.0 cm³/mol. The van der Waals surface area contributed by atoms with Crippen molar-refractivity contribution in [3.8, 4) is 0 Å². The lowest BCUT2D eigenvalue weighted by molar-refractivity contribution is 0.474. The van der Waals surface area contributed by atoms with E-state index >= 15 is 0 Å². The van der Waals surface area contributed by atoms with Gasteiger partial charge >= 0.3 is 0 Å². The summed E-state index contributed by atoms with van der Waals surface area (Å²) in [5, 5.41) is 4.34. The Bertz CT molecular complexity index is 559. The monoisotopic (exact) mass is 255 g/mol. The summed E-state index contributed by atoms with van der Waals surface area (Å²) in [6.07, 6.45) is 7.60. The first-order valence-electron chi connectivity index (χ1n) is 7.15. The first-order chi connectivity index (χ1) is 9.29. The standard InChI is InChI=1S/C16H21N3/c1-2-19-11-13(10-18-19)16(17)15-9-5-7-12-6-3-4-8-14(12)15/h3-4,6,8,10-11,15-16H,2,5,7,9,17H2,1H3. The zero-order chi connectivity index (χ0) is 13.2. The van der Waals surface area contributed by atoms with Crippen LogP contribution in [0.15, 0.2) is 36.7 Å². The molecular weight excluding hydrogens is 234 g/mol. The van der Waals surface area contributed by atoms with E-state index < -0.39 is 0 Å². The molecule has 0 saturated carbocycles. The molecule has 0 saturated heterocycles. The van der Waals surface area contributed by atoms with E-state index in [-0.39, 0.29) is 6.04 Å². The molecule has 0 spiro atoms. The van der Waals surface area contributed by atoms with Crippen LogP contribution in [0.1, 0.15) is 48.4 Å². The minimum atomic E-state index is 0.0572. The van der Waals surface area contributed by atoms with Crippen LogP contribution in [0.3, 0.4) is 0 Å². The quantitative estimate of drug-likeness (QED) is 0.916. The van der Waals surface area contributed by atoms with Gasteiger partial charge in [-0.25, -0.2) is 0 Å². The van der Waals surface area contributed by atoms with Gasteiger partial charge in [0, 0.05) is 30.3 Å². The van der Waals surface area contributed by atoms with Gasteiger partial charge < -0.3 is 5.73 Å². The van der Waals surface area contributed by atoms with Crippen molar-refractivity contribution in [2.45, 2.75) is 44.7 Å². The fourth-order valence-corrected chi connectivity index (χ4v) is 3.12. The maximum absolute atomic E-state index is 6.50. The number of fused-ring (bicyclic) bond motifs is 1. The van der Waals surface area contributed by atoms with Gasteiger partial charge in [0.2, 0.25) is 0 Å². The molecule has 3 nitrogen and oxygen atoms in total. The van der Waals surface area contributed by atoms with E-state index in [0.29, 0.717) is 5.92 Å². The Balaban J connectivity index is 1.90. The van der Waals surface area contributed by atoms with Crippen LogP contribution in [-0.4, -0.2) is 9.78 Å². The molecule has 0 amide bonds. The normalized spacial score (nSPS) is 20.0. The first kappa shape index (κ1) is 12.4. The fraction of sp³-hybridized carbons (Fsp3) is 0.438. The van der Waals surface area contributed by atoms with E-state index in [9.17, 15) is 0 Å². The minimum absolute atomic E-state index is 0.0572. The summed E-state index contributed by atoms with van der Waals surface area (Å²) in [6.45, 7) is 2.99. The SMILES string of the molecule is CCn1cc(C(N)C2CCCc3ccccc32)cn1. The Labute approximate surface area is 114 Å². The second-order valence-corrected chi connectivity index (χ2v) is 5.35. The lowest BCUT2D eigenvalue weighted by atomic mass is 9.77. The second kappa shape index (κ2) is 5.17. The molecule has 0 fully saturated rings. The number of aromatic nitrogens is 2. The van der Waals surface area contributed by atoms with Gasteiger partial charge in [-0.1, -0.05) is 24.3 Å². The largest absolute Gasteiger partial charge is 0.323 e. The molecule has 2 N–H and O–H groups in total. The lowest BCUT2D eigenvalue weighted by Crippen LogP contribution is -2.23. The highest BCUT2D eigenvalue weighted by Gasteiger charge is 2.26. The highest BCUT2D eigenvalue weighted by Crippen LogP contribution is 2.38. The second-order valence-electron chi connectivity index (χ2n) is 5.35. The molecule has 1 aromatic heterocycles. The molecule has 1 aliphatic rings. The summed E-state index contributed by atoms with van der Waals surface area (Å²) in [5.74, 6) is 0.430. The zero-order valence-electron chi connectivity index (χ0n) is 11.4. The van der Waals surface area contributed by atoms with Crippen molar-refractivity contribution < 1.29 is 0 Å².